The van der Waals surface area contributed by atoms with E-state index in [1.54, 1.807) is 13.8 Å². The molecule has 27 heavy (non-hydrogen) atoms. The first-order valence-electron chi connectivity index (χ1n) is 9.21. The first-order valence-corrected chi connectivity index (χ1v) is 9.21. The van der Waals surface area contributed by atoms with Crippen molar-refractivity contribution in [1.82, 2.24) is 10.2 Å². The van der Waals surface area contributed by atoms with Gasteiger partial charge in [0.15, 0.2) is 5.79 Å². The number of methoxy groups -OCH3 is 2. The van der Waals surface area contributed by atoms with Crippen molar-refractivity contribution in [2.45, 2.75) is 70.6 Å². The third-order valence-corrected chi connectivity index (χ3v) is 4.94. The molecule has 0 bridgehead atoms. The van der Waals surface area contributed by atoms with Gasteiger partial charge in [0.1, 0.15) is 12.1 Å². The maximum atomic E-state index is 13.2. The molecule has 2 aliphatic heterocycles. The summed E-state index contributed by atoms with van der Waals surface area (Å²) in [5, 5.41) is 2.54. The van der Waals surface area contributed by atoms with E-state index in [4.69, 9.17) is 14.2 Å². The molecule has 2 fully saturated rings. The lowest BCUT2D eigenvalue weighted by Crippen LogP contribution is -2.55. The minimum atomic E-state index is -1.06. The third-order valence-electron chi connectivity index (χ3n) is 4.94. The van der Waals surface area contributed by atoms with Gasteiger partial charge in [0.25, 0.3) is 0 Å². The number of esters is 1. The number of likely N-dealkylation sites (tertiary alicyclic amines) is 1. The zero-order valence-corrected chi connectivity index (χ0v) is 16.8. The fraction of sp³-hybridized carbons (Fsp3) is 0.833. The number of rotatable bonds is 4. The van der Waals surface area contributed by atoms with Gasteiger partial charge in [0.05, 0.1) is 33.0 Å². The van der Waals surface area contributed by atoms with E-state index >= 15 is 0 Å². The standard InChI is InChI=1S/C18H30N2O7/c1-10(2)14(19-17(23)25-6)15(21)20-9-18(8-13(20)16(22)24-5)26-11(3)7-12(4)27-18/h10-14H,7-9H2,1-6H3,(H,19,23)/t11-,12-,13-,14-/m0/s1. The summed E-state index contributed by atoms with van der Waals surface area (Å²) in [5.74, 6) is -2.21. The Balaban J connectivity index is 2.29. The molecule has 2 saturated heterocycles. The monoisotopic (exact) mass is 386 g/mol. The van der Waals surface area contributed by atoms with E-state index in [0.29, 0.717) is 0 Å². The maximum Gasteiger partial charge on any atom is 0.407 e. The van der Waals surface area contributed by atoms with Gasteiger partial charge < -0.3 is 29.2 Å². The second-order valence-corrected chi connectivity index (χ2v) is 7.57. The van der Waals surface area contributed by atoms with Gasteiger partial charge in [0.2, 0.25) is 5.91 Å². The van der Waals surface area contributed by atoms with E-state index in [1.165, 1.54) is 19.1 Å². The van der Waals surface area contributed by atoms with Crippen LogP contribution < -0.4 is 5.32 Å². The van der Waals surface area contributed by atoms with Gasteiger partial charge in [0, 0.05) is 6.42 Å². The fourth-order valence-corrected chi connectivity index (χ4v) is 3.79. The van der Waals surface area contributed by atoms with Crippen molar-refractivity contribution < 1.29 is 33.3 Å². The summed E-state index contributed by atoms with van der Waals surface area (Å²) in [6.45, 7) is 7.57. The van der Waals surface area contributed by atoms with Crippen molar-refractivity contribution in [1.29, 1.82) is 0 Å². The van der Waals surface area contributed by atoms with E-state index < -0.39 is 35.8 Å². The normalized spacial score (nSPS) is 31.7. The van der Waals surface area contributed by atoms with Crippen LogP contribution in [-0.4, -0.2) is 73.7 Å². The number of hydrogen-bond acceptors (Lipinski definition) is 7. The molecule has 154 valence electrons. The second kappa shape index (κ2) is 8.43. The first kappa shape index (κ1) is 21.4. The molecule has 0 aromatic heterocycles. The molecule has 2 heterocycles. The average molecular weight is 386 g/mol. The lowest BCUT2D eigenvalue weighted by molar-refractivity contribution is -0.303. The van der Waals surface area contributed by atoms with Crippen LogP contribution in [0, 0.1) is 5.92 Å². The Morgan fingerprint density at radius 3 is 2.19 bits per heavy atom. The summed E-state index contributed by atoms with van der Waals surface area (Å²) in [5.41, 5.74) is 0. The van der Waals surface area contributed by atoms with Gasteiger partial charge in [-0.15, -0.1) is 0 Å². The van der Waals surface area contributed by atoms with Crippen molar-refractivity contribution in [3.8, 4) is 0 Å². The molecule has 2 aliphatic rings. The van der Waals surface area contributed by atoms with Crippen molar-refractivity contribution in [2.75, 3.05) is 20.8 Å². The molecule has 4 atom stereocenters. The molecule has 0 aliphatic carbocycles. The van der Waals surface area contributed by atoms with Crippen LogP contribution in [0.15, 0.2) is 0 Å². The number of nitrogens with zero attached hydrogens (tertiary/aromatic N) is 1. The number of carbonyl (C=O) groups is 3. The highest BCUT2D eigenvalue weighted by Crippen LogP contribution is 2.39. The first-order chi connectivity index (χ1) is 12.6. The van der Waals surface area contributed by atoms with Crippen LogP contribution in [-0.2, 0) is 28.5 Å². The Bertz CT molecular complexity index is 570. The molecule has 0 saturated carbocycles. The Morgan fingerprint density at radius 2 is 1.70 bits per heavy atom. The van der Waals surface area contributed by atoms with Gasteiger partial charge in [-0.2, -0.15) is 0 Å². The molecule has 0 aromatic carbocycles. The van der Waals surface area contributed by atoms with Crippen LogP contribution in [0.25, 0.3) is 0 Å². The molecule has 0 unspecified atom stereocenters. The van der Waals surface area contributed by atoms with Crippen molar-refractivity contribution in [3.05, 3.63) is 0 Å². The summed E-state index contributed by atoms with van der Waals surface area (Å²) >= 11 is 0. The summed E-state index contributed by atoms with van der Waals surface area (Å²) in [6, 6.07) is -1.70. The lowest BCUT2D eigenvalue weighted by Gasteiger charge is -2.40. The summed E-state index contributed by atoms with van der Waals surface area (Å²) < 4.78 is 21.5. The Hall–Kier alpha value is -1.87. The third kappa shape index (κ3) is 4.70. The molecule has 2 amide bonds. The minimum absolute atomic E-state index is 0.0591. The number of carbonyl (C=O) groups excluding carboxylic acids is 3. The van der Waals surface area contributed by atoms with E-state index in [1.807, 2.05) is 13.8 Å². The van der Waals surface area contributed by atoms with Gasteiger partial charge in [-0.3, -0.25) is 4.79 Å². The Kier molecular flexibility index (Phi) is 6.69. The van der Waals surface area contributed by atoms with Crippen LogP contribution in [0.1, 0.15) is 40.5 Å². The zero-order chi connectivity index (χ0) is 20.4. The number of nitrogens with one attached hydrogen (secondary N) is 1. The topological polar surface area (TPSA) is 103 Å². The number of alkyl carbamates (subject to hydrolysis) is 1. The van der Waals surface area contributed by atoms with Crippen LogP contribution in [0.2, 0.25) is 0 Å². The highest BCUT2D eigenvalue weighted by molar-refractivity contribution is 5.90. The van der Waals surface area contributed by atoms with Crippen LogP contribution in [0.4, 0.5) is 4.79 Å². The Labute approximate surface area is 159 Å². The molecule has 1 spiro atoms. The summed E-state index contributed by atoms with van der Waals surface area (Å²) in [4.78, 5) is 38.6. The van der Waals surface area contributed by atoms with Crippen LogP contribution in [0.5, 0.6) is 0 Å². The van der Waals surface area contributed by atoms with Crippen molar-refractivity contribution in [2.24, 2.45) is 5.92 Å². The van der Waals surface area contributed by atoms with Crippen molar-refractivity contribution >= 4 is 18.0 Å². The van der Waals surface area contributed by atoms with Crippen LogP contribution in [0.3, 0.4) is 0 Å². The second-order valence-electron chi connectivity index (χ2n) is 7.57. The number of ether oxygens (including phenoxy) is 4. The van der Waals surface area contributed by atoms with Crippen LogP contribution >= 0.6 is 0 Å². The smallest absolute Gasteiger partial charge is 0.407 e. The molecular weight excluding hydrogens is 356 g/mol. The zero-order valence-electron chi connectivity index (χ0n) is 16.8. The van der Waals surface area contributed by atoms with E-state index in [9.17, 15) is 14.4 Å². The van der Waals surface area contributed by atoms with Gasteiger partial charge >= 0.3 is 12.1 Å². The molecule has 0 aromatic rings. The SMILES string of the molecule is COC(=O)N[C@H](C(=O)N1CC2(C[C@H]1C(=O)OC)O[C@@H](C)C[C@H](C)O2)C(C)C. The van der Waals surface area contributed by atoms with Gasteiger partial charge in [-0.05, 0) is 26.2 Å². The number of amides is 2. The molecule has 2 rings (SSSR count). The highest BCUT2D eigenvalue weighted by atomic mass is 16.7. The molecule has 0 radical (unpaired) electrons. The highest BCUT2D eigenvalue weighted by Gasteiger charge is 2.55. The van der Waals surface area contributed by atoms with E-state index in [-0.39, 0.29) is 31.1 Å². The van der Waals surface area contributed by atoms with Crippen molar-refractivity contribution in [3.63, 3.8) is 0 Å². The largest absolute Gasteiger partial charge is 0.467 e. The predicted molar refractivity (Wildman–Crippen MR) is 94.7 cm³/mol. The quantitative estimate of drug-likeness (QED) is 0.720. The molecule has 1 N–H and O–H groups in total. The summed E-state index contributed by atoms with van der Waals surface area (Å²) in [6.07, 6.45) is 0.0885. The molecular formula is C18H30N2O7. The average Bonchev–Trinajstić information content (AvgIpc) is 2.95. The lowest BCUT2D eigenvalue weighted by atomic mass is 10.0. The molecule has 9 nitrogen and oxygen atoms in total. The maximum absolute atomic E-state index is 13.2. The molecule has 9 heteroatoms. The van der Waals surface area contributed by atoms with Gasteiger partial charge in [-0.1, -0.05) is 13.8 Å². The number of hydrogen-bond donors (Lipinski definition) is 1. The summed E-state index contributed by atoms with van der Waals surface area (Å²) in [7, 11) is 2.50. The Morgan fingerprint density at radius 1 is 1.11 bits per heavy atom. The van der Waals surface area contributed by atoms with Gasteiger partial charge in [-0.25, -0.2) is 9.59 Å². The fourth-order valence-electron chi connectivity index (χ4n) is 3.79. The van der Waals surface area contributed by atoms with E-state index in [0.717, 1.165) is 6.42 Å². The predicted octanol–water partition coefficient (Wildman–Crippen LogP) is 1.05. The van der Waals surface area contributed by atoms with E-state index in [2.05, 4.69) is 10.1 Å². The minimum Gasteiger partial charge on any atom is -0.467 e.